The lowest BCUT2D eigenvalue weighted by Gasteiger charge is -2.12. The monoisotopic (exact) mass is 574 g/mol. The Morgan fingerprint density at radius 1 is 1.12 bits per heavy atom. The average Bonchev–Trinajstić information content (AvgIpc) is 3.33. The van der Waals surface area contributed by atoms with E-state index < -0.39 is 6.36 Å². The van der Waals surface area contributed by atoms with Crippen molar-refractivity contribution < 1.29 is 32.2 Å². The fraction of sp³-hybridized carbons (Fsp3) is 0.286. The maximum Gasteiger partial charge on any atom is 0.573 e. The smallest absolute Gasteiger partial charge is 0.466 e. The van der Waals surface area contributed by atoms with E-state index in [9.17, 15) is 22.8 Å². The second-order valence-corrected chi connectivity index (χ2v) is 9.52. The first-order valence-corrected chi connectivity index (χ1v) is 13.3. The number of thiazole rings is 1. The van der Waals surface area contributed by atoms with Crippen LogP contribution in [0.3, 0.4) is 0 Å². The zero-order valence-corrected chi connectivity index (χ0v) is 23.0. The topological polar surface area (TPSA) is 102 Å². The van der Waals surface area contributed by atoms with Crippen LogP contribution in [0.25, 0.3) is 0 Å². The first kappa shape index (κ1) is 30.4. The van der Waals surface area contributed by atoms with E-state index in [1.807, 2.05) is 6.08 Å². The molecule has 0 aliphatic heterocycles. The van der Waals surface area contributed by atoms with E-state index in [1.54, 1.807) is 38.2 Å². The van der Waals surface area contributed by atoms with Crippen molar-refractivity contribution in [2.75, 3.05) is 17.2 Å². The zero-order valence-electron chi connectivity index (χ0n) is 22.2. The van der Waals surface area contributed by atoms with Crippen molar-refractivity contribution in [2.45, 2.75) is 46.4 Å². The number of esters is 1. The van der Waals surface area contributed by atoms with Gasteiger partial charge in [0.05, 0.1) is 18.7 Å². The van der Waals surface area contributed by atoms with Crippen LogP contribution >= 0.6 is 11.3 Å². The summed E-state index contributed by atoms with van der Waals surface area (Å²) in [7, 11) is 0. The lowest BCUT2D eigenvalue weighted by atomic mass is 10.0. The van der Waals surface area contributed by atoms with E-state index in [0.29, 0.717) is 38.2 Å². The molecular weight excluding hydrogens is 545 g/mol. The Kier molecular flexibility index (Phi) is 10.8. The lowest BCUT2D eigenvalue weighted by molar-refractivity contribution is -0.274. The Balaban J connectivity index is 1.81. The van der Waals surface area contributed by atoms with Gasteiger partial charge in [-0.2, -0.15) is 0 Å². The number of anilines is 2. The third kappa shape index (κ3) is 9.53. The van der Waals surface area contributed by atoms with Gasteiger partial charge >= 0.3 is 12.3 Å². The Bertz CT molecular complexity index is 1370. The fourth-order valence-electron chi connectivity index (χ4n) is 3.47. The molecule has 0 unspecified atom stereocenters. The predicted molar refractivity (Wildman–Crippen MR) is 150 cm³/mol. The standard InChI is InChI=1S/C28H29F3N4O4S/c1-4-6-7-14-32-24-15-19(26(37)35-27-33-17-22(40-27)16-25(36)38-5-2)8-13-23(24)18(3)34-20-9-11-21(12-10-20)39-28(29,30)31/h7-15,17,32H,4-6,16H2,1-3H3,(H,33,35,37). The summed E-state index contributed by atoms with van der Waals surface area (Å²) in [5, 5.41) is 6.29. The van der Waals surface area contributed by atoms with Gasteiger partial charge in [0.1, 0.15) is 5.75 Å². The van der Waals surface area contributed by atoms with E-state index in [1.165, 1.54) is 41.8 Å². The summed E-state index contributed by atoms with van der Waals surface area (Å²) in [6, 6.07) is 10.3. The number of unbranched alkanes of at least 4 members (excludes halogenated alkanes) is 1. The molecule has 212 valence electrons. The Morgan fingerprint density at radius 3 is 2.55 bits per heavy atom. The first-order chi connectivity index (χ1) is 19.1. The summed E-state index contributed by atoms with van der Waals surface area (Å²) < 4.78 is 46.2. The van der Waals surface area contributed by atoms with Crippen molar-refractivity contribution in [3.63, 3.8) is 0 Å². The molecule has 0 saturated carbocycles. The summed E-state index contributed by atoms with van der Waals surface area (Å²) in [6.45, 7) is 5.83. The molecule has 40 heavy (non-hydrogen) atoms. The minimum absolute atomic E-state index is 0.0743. The van der Waals surface area contributed by atoms with Crippen LogP contribution in [-0.4, -0.2) is 35.5 Å². The van der Waals surface area contributed by atoms with E-state index in [4.69, 9.17) is 4.74 Å². The molecule has 1 amide bonds. The van der Waals surface area contributed by atoms with Crippen LogP contribution in [0.1, 0.15) is 54.4 Å². The van der Waals surface area contributed by atoms with E-state index in [2.05, 4.69) is 32.3 Å². The van der Waals surface area contributed by atoms with Gasteiger partial charge in [0.25, 0.3) is 5.91 Å². The van der Waals surface area contributed by atoms with Crippen LogP contribution in [0, 0.1) is 0 Å². The number of rotatable bonds is 12. The highest BCUT2D eigenvalue weighted by atomic mass is 32.1. The van der Waals surface area contributed by atoms with Crippen molar-refractivity contribution in [3.8, 4) is 5.75 Å². The molecule has 0 radical (unpaired) electrons. The molecule has 12 heteroatoms. The number of halogens is 3. The highest BCUT2D eigenvalue weighted by Crippen LogP contribution is 2.27. The molecule has 8 nitrogen and oxygen atoms in total. The quantitative estimate of drug-likeness (QED) is 0.174. The number of hydrogen-bond acceptors (Lipinski definition) is 8. The van der Waals surface area contributed by atoms with Crippen molar-refractivity contribution in [1.29, 1.82) is 0 Å². The molecule has 1 aromatic heterocycles. The minimum Gasteiger partial charge on any atom is -0.466 e. The van der Waals surface area contributed by atoms with Gasteiger partial charge in [-0.05, 0) is 62.9 Å². The molecule has 1 heterocycles. The summed E-state index contributed by atoms with van der Waals surface area (Å²) in [4.78, 5) is 34.0. The van der Waals surface area contributed by atoms with Crippen molar-refractivity contribution in [3.05, 3.63) is 76.9 Å². The Morgan fingerprint density at radius 2 is 1.88 bits per heavy atom. The third-order valence-corrected chi connectivity index (χ3v) is 6.16. The molecule has 2 aromatic carbocycles. The van der Waals surface area contributed by atoms with Gasteiger partial charge in [0.15, 0.2) is 5.13 Å². The van der Waals surface area contributed by atoms with Crippen LogP contribution in [-0.2, 0) is 16.0 Å². The second kappa shape index (κ2) is 14.3. The molecule has 0 atom stereocenters. The normalized spacial score (nSPS) is 11.9. The molecule has 0 saturated heterocycles. The number of alkyl halides is 3. The predicted octanol–water partition coefficient (Wildman–Crippen LogP) is 7.27. The largest absolute Gasteiger partial charge is 0.573 e. The maximum atomic E-state index is 13.0. The van der Waals surface area contributed by atoms with Gasteiger partial charge in [-0.1, -0.05) is 25.5 Å². The van der Waals surface area contributed by atoms with Crippen LogP contribution in [0.4, 0.5) is 29.7 Å². The van der Waals surface area contributed by atoms with Crippen LogP contribution in [0.5, 0.6) is 5.75 Å². The number of allylic oxidation sites excluding steroid dienone is 1. The number of carbonyl (C=O) groups excluding carboxylic acids is 2. The summed E-state index contributed by atoms with van der Waals surface area (Å²) >= 11 is 1.19. The number of amides is 1. The van der Waals surface area contributed by atoms with Crippen molar-refractivity contribution >= 4 is 45.4 Å². The van der Waals surface area contributed by atoms with Gasteiger partial charge in [0.2, 0.25) is 0 Å². The number of carbonyl (C=O) groups is 2. The second-order valence-electron chi connectivity index (χ2n) is 8.40. The highest BCUT2D eigenvalue weighted by molar-refractivity contribution is 7.15. The molecular formula is C28H29F3N4O4S. The van der Waals surface area contributed by atoms with E-state index in [-0.39, 0.29) is 30.7 Å². The number of aromatic nitrogens is 1. The first-order valence-electron chi connectivity index (χ1n) is 12.5. The van der Waals surface area contributed by atoms with Crippen LogP contribution in [0.2, 0.25) is 0 Å². The highest BCUT2D eigenvalue weighted by Gasteiger charge is 2.31. The molecule has 0 aliphatic carbocycles. The zero-order chi connectivity index (χ0) is 29.1. The molecule has 0 bridgehead atoms. The van der Waals surface area contributed by atoms with Gasteiger partial charge in [-0.25, -0.2) is 4.98 Å². The molecule has 3 aromatic rings. The number of hydrogen-bond donors (Lipinski definition) is 2. The van der Waals surface area contributed by atoms with Gasteiger partial charge in [-0.15, -0.1) is 24.5 Å². The number of benzene rings is 2. The summed E-state index contributed by atoms with van der Waals surface area (Å²) in [5.41, 5.74) is 2.67. The SMILES string of the molecule is CCCC=CNc1cc(C(=O)Nc2ncc(CC(=O)OCC)s2)ccc1C(C)=Nc1ccc(OC(F)(F)F)cc1. The van der Waals surface area contributed by atoms with Gasteiger partial charge in [-0.3, -0.25) is 19.9 Å². The van der Waals surface area contributed by atoms with Crippen LogP contribution in [0.15, 0.2) is 65.9 Å². The molecule has 3 rings (SSSR count). The van der Waals surface area contributed by atoms with E-state index in [0.717, 1.165) is 12.8 Å². The minimum atomic E-state index is -4.77. The fourth-order valence-corrected chi connectivity index (χ4v) is 4.26. The van der Waals surface area contributed by atoms with E-state index >= 15 is 0 Å². The molecule has 0 fully saturated rings. The van der Waals surface area contributed by atoms with Crippen LogP contribution < -0.4 is 15.4 Å². The summed E-state index contributed by atoms with van der Waals surface area (Å²) in [5.74, 6) is -1.09. The summed E-state index contributed by atoms with van der Waals surface area (Å²) in [6.07, 6.45) is 2.39. The molecule has 0 aliphatic rings. The average molecular weight is 575 g/mol. The maximum absolute atomic E-state index is 13.0. The van der Waals surface area contributed by atoms with Gasteiger partial charge < -0.3 is 14.8 Å². The number of nitrogens with one attached hydrogen (secondary N) is 2. The molecule has 0 spiro atoms. The lowest BCUT2D eigenvalue weighted by Crippen LogP contribution is -2.16. The molecule has 2 N–H and O–H groups in total. The van der Waals surface area contributed by atoms with Gasteiger partial charge in [0, 0.05) is 33.6 Å². The van der Waals surface area contributed by atoms with Crippen molar-refractivity contribution in [2.24, 2.45) is 4.99 Å². The Hall–Kier alpha value is -4.19. The number of aliphatic imine (C=N–C) groups is 1. The Labute approximate surface area is 234 Å². The number of nitrogens with zero attached hydrogens (tertiary/aromatic N) is 2. The third-order valence-electron chi connectivity index (χ3n) is 5.25. The van der Waals surface area contributed by atoms with Crippen molar-refractivity contribution in [1.82, 2.24) is 4.98 Å². The number of ether oxygens (including phenoxy) is 2.